The molecule has 2 fully saturated rings. The SMILES string of the molecule is COc1cccc(NC(=O)NC2CCCOC2CN2CCC(Cc3ccc(F)cc3)C(F)C2)c1. The van der Waals surface area contributed by atoms with Crippen molar-refractivity contribution in [2.45, 2.75) is 44.0 Å². The maximum absolute atomic E-state index is 15.0. The number of benzene rings is 2. The molecule has 0 aliphatic carbocycles. The first-order valence-corrected chi connectivity index (χ1v) is 11.9. The molecule has 0 radical (unpaired) electrons. The molecular formula is C26H33F2N3O3. The van der Waals surface area contributed by atoms with E-state index >= 15 is 0 Å². The minimum absolute atomic E-state index is 0.0726. The van der Waals surface area contributed by atoms with Gasteiger partial charge in [0.2, 0.25) is 0 Å². The number of alkyl halides is 1. The van der Waals surface area contributed by atoms with Crippen LogP contribution in [0.25, 0.3) is 0 Å². The number of carbonyl (C=O) groups excluding carboxylic acids is 1. The van der Waals surface area contributed by atoms with E-state index in [9.17, 15) is 13.6 Å². The summed E-state index contributed by atoms with van der Waals surface area (Å²) in [6.45, 7) is 2.33. The van der Waals surface area contributed by atoms with E-state index in [1.807, 2.05) is 12.1 Å². The molecule has 0 bridgehead atoms. The molecule has 2 amide bonds. The van der Waals surface area contributed by atoms with Crippen molar-refractivity contribution in [3.63, 3.8) is 0 Å². The maximum atomic E-state index is 15.0. The largest absolute Gasteiger partial charge is 0.497 e. The zero-order chi connectivity index (χ0) is 23.9. The number of hydrogen-bond donors (Lipinski definition) is 2. The average Bonchev–Trinajstić information content (AvgIpc) is 2.83. The number of amides is 2. The lowest BCUT2D eigenvalue weighted by Crippen LogP contribution is -2.54. The lowest BCUT2D eigenvalue weighted by molar-refractivity contribution is -0.0370. The number of anilines is 1. The van der Waals surface area contributed by atoms with Gasteiger partial charge in [-0.3, -0.25) is 4.90 Å². The Balaban J connectivity index is 1.28. The van der Waals surface area contributed by atoms with Gasteiger partial charge in [-0.2, -0.15) is 0 Å². The van der Waals surface area contributed by atoms with Gasteiger partial charge in [0.25, 0.3) is 0 Å². The molecule has 6 nitrogen and oxygen atoms in total. The van der Waals surface area contributed by atoms with Crippen LogP contribution in [0.5, 0.6) is 5.75 Å². The number of carbonyl (C=O) groups is 1. The number of ether oxygens (including phenoxy) is 2. The lowest BCUT2D eigenvalue weighted by atomic mass is 9.88. The summed E-state index contributed by atoms with van der Waals surface area (Å²) in [5.74, 6) is 0.319. The Morgan fingerprint density at radius 3 is 2.79 bits per heavy atom. The number of nitrogens with zero attached hydrogens (tertiary/aromatic N) is 1. The molecule has 0 saturated carbocycles. The quantitative estimate of drug-likeness (QED) is 0.626. The van der Waals surface area contributed by atoms with Gasteiger partial charge < -0.3 is 20.1 Å². The fourth-order valence-electron chi connectivity index (χ4n) is 4.81. The summed E-state index contributed by atoms with van der Waals surface area (Å²) in [5.41, 5.74) is 1.61. The minimum atomic E-state index is -0.954. The van der Waals surface area contributed by atoms with E-state index in [0.29, 0.717) is 37.6 Å². The molecule has 0 spiro atoms. The van der Waals surface area contributed by atoms with Gasteiger partial charge >= 0.3 is 6.03 Å². The highest BCUT2D eigenvalue weighted by Crippen LogP contribution is 2.26. The normalized spacial score (nSPS) is 25.5. The third kappa shape index (κ3) is 6.67. The molecule has 2 aliphatic rings. The summed E-state index contributed by atoms with van der Waals surface area (Å²) in [4.78, 5) is 14.7. The molecule has 184 valence electrons. The summed E-state index contributed by atoms with van der Waals surface area (Å²) in [7, 11) is 1.58. The highest BCUT2D eigenvalue weighted by Gasteiger charge is 2.34. The Hall–Kier alpha value is -2.71. The van der Waals surface area contributed by atoms with Crippen molar-refractivity contribution in [2.24, 2.45) is 5.92 Å². The predicted octanol–water partition coefficient (Wildman–Crippen LogP) is 4.41. The molecule has 0 aromatic heterocycles. The summed E-state index contributed by atoms with van der Waals surface area (Å²) in [5, 5.41) is 5.88. The number of halogens is 2. The van der Waals surface area contributed by atoms with E-state index in [-0.39, 0.29) is 29.9 Å². The summed E-state index contributed by atoms with van der Waals surface area (Å²) < 4.78 is 39.3. The fourth-order valence-corrected chi connectivity index (χ4v) is 4.81. The Kier molecular flexibility index (Phi) is 8.34. The van der Waals surface area contributed by atoms with Gasteiger partial charge in [0.05, 0.1) is 19.3 Å². The molecule has 2 N–H and O–H groups in total. The summed E-state index contributed by atoms with van der Waals surface area (Å²) in [6.07, 6.45) is 1.89. The Bertz CT molecular complexity index is 943. The van der Waals surface area contributed by atoms with Gasteiger partial charge in [-0.1, -0.05) is 18.2 Å². The van der Waals surface area contributed by atoms with E-state index in [1.54, 1.807) is 31.4 Å². The van der Waals surface area contributed by atoms with E-state index in [1.165, 1.54) is 12.1 Å². The van der Waals surface area contributed by atoms with Crippen LogP contribution in [0.1, 0.15) is 24.8 Å². The fraction of sp³-hybridized carbons (Fsp3) is 0.500. The minimum Gasteiger partial charge on any atom is -0.497 e. The molecule has 2 aromatic carbocycles. The second-order valence-corrected chi connectivity index (χ2v) is 9.14. The molecule has 2 saturated heterocycles. The number of piperidine rings is 1. The van der Waals surface area contributed by atoms with Crippen LogP contribution >= 0.6 is 0 Å². The smallest absolute Gasteiger partial charge is 0.319 e. The van der Waals surface area contributed by atoms with Crippen LogP contribution in [0.15, 0.2) is 48.5 Å². The van der Waals surface area contributed by atoms with Crippen LogP contribution in [0.3, 0.4) is 0 Å². The van der Waals surface area contributed by atoms with Gasteiger partial charge in [0, 0.05) is 31.5 Å². The predicted molar refractivity (Wildman–Crippen MR) is 127 cm³/mol. The van der Waals surface area contributed by atoms with Crippen molar-refractivity contribution in [3.8, 4) is 5.75 Å². The van der Waals surface area contributed by atoms with Crippen LogP contribution < -0.4 is 15.4 Å². The van der Waals surface area contributed by atoms with E-state index < -0.39 is 6.17 Å². The first-order valence-electron chi connectivity index (χ1n) is 11.9. The van der Waals surface area contributed by atoms with Crippen molar-refractivity contribution in [1.29, 1.82) is 0 Å². The number of likely N-dealkylation sites (tertiary alicyclic amines) is 1. The first-order chi connectivity index (χ1) is 16.5. The standard InChI is InChI=1S/C26H33F2N3O3/c1-33-22-5-2-4-21(15-22)29-26(32)30-24-6-3-13-34-25(24)17-31-12-11-19(23(28)16-31)14-18-7-9-20(27)10-8-18/h2,4-5,7-10,15,19,23-25H,3,6,11-14,16-17H2,1H3,(H2,29,30,32). The van der Waals surface area contributed by atoms with Crippen molar-refractivity contribution in [2.75, 3.05) is 38.7 Å². The van der Waals surface area contributed by atoms with Gasteiger partial charge in [-0.05, 0) is 68.0 Å². The molecule has 34 heavy (non-hydrogen) atoms. The van der Waals surface area contributed by atoms with E-state index in [0.717, 1.165) is 31.4 Å². The van der Waals surface area contributed by atoms with Crippen molar-refractivity contribution in [1.82, 2.24) is 10.2 Å². The summed E-state index contributed by atoms with van der Waals surface area (Å²) in [6, 6.07) is 13.1. The van der Waals surface area contributed by atoms with Crippen molar-refractivity contribution >= 4 is 11.7 Å². The maximum Gasteiger partial charge on any atom is 0.319 e. The molecular weight excluding hydrogens is 440 g/mol. The second-order valence-electron chi connectivity index (χ2n) is 9.14. The molecule has 2 aromatic rings. The number of methoxy groups -OCH3 is 1. The topological polar surface area (TPSA) is 62.8 Å². The van der Waals surface area contributed by atoms with Crippen LogP contribution in [-0.2, 0) is 11.2 Å². The van der Waals surface area contributed by atoms with Gasteiger partial charge in [-0.25, -0.2) is 13.6 Å². The highest BCUT2D eigenvalue weighted by atomic mass is 19.1. The van der Waals surface area contributed by atoms with Crippen molar-refractivity contribution < 1.29 is 23.0 Å². The van der Waals surface area contributed by atoms with E-state index in [4.69, 9.17) is 9.47 Å². The number of nitrogens with one attached hydrogen (secondary N) is 2. The zero-order valence-electron chi connectivity index (χ0n) is 19.5. The molecule has 2 heterocycles. The number of hydrogen-bond acceptors (Lipinski definition) is 4. The summed E-state index contributed by atoms with van der Waals surface area (Å²) >= 11 is 0. The molecule has 2 aliphatic heterocycles. The number of urea groups is 1. The Morgan fingerprint density at radius 1 is 1.21 bits per heavy atom. The van der Waals surface area contributed by atoms with Crippen LogP contribution in [0, 0.1) is 11.7 Å². The third-order valence-electron chi connectivity index (χ3n) is 6.69. The highest BCUT2D eigenvalue weighted by molar-refractivity contribution is 5.89. The Morgan fingerprint density at radius 2 is 2.03 bits per heavy atom. The second kappa shape index (κ2) is 11.6. The molecule has 8 heteroatoms. The van der Waals surface area contributed by atoms with Crippen LogP contribution in [0.2, 0.25) is 0 Å². The molecule has 4 rings (SSSR count). The van der Waals surface area contributed by atoms with Gasteiger partial charge in [-0.15, -0.1) is 0 Å². The van der Waals surface area contributed by atoms with Gasteiger partial charge in [0.1, 0.15) is 17.7 Å². The molecule has 4 atom stereocenters. The van der Waals surface area contributed by atoms with Gasteiger partial charge in [0.15, 0.2) is 0 Å². The monoisotopic (exact) mass is 473 g/mol. The Labute approximate surface area is 199 Å². The number of rotatable bonds is 7. The zero-order valence-corrected chi connectivity index (χ0v) is 19.5. The first kappa shape index (κ1) is 24.4. The molecule has 4 unspecified atom stereocenters. The van der Waals surface area contributed by atoms with Crippen LogP contribution in [-0.4, -0.2) is 62.6 Å². The lowest BCUT2D eigenvalue weighted by Gasteiger charge is -2.39. The average molecular weight is 474 g/mol. The van der Waals surface area contributed by atoms with Crippen LogP contribution in [0.4, 0.5) is 19.3 Å². The third-order valence-corrected chi connectivity index (χ3v) is 6.69. The van der Waals surface area contributed by atoms with E-state index in [2.05, 4.69) is 15.5 Å². The van der Waals surface area contributed by atoms with Crippen molar-refractivity contribution in [3.05, 3.63) is 59.9 Å².